The third kappa shape index (κ3) is 24.4. The number of allylic oxidation sites excluding steroid dienone is 4. The molecule has 19 rings (SSSR count). The highest BCUT2D eigenvalue weighted by molar-refractivity contribution is 9.11. The van der Waals surface area contributed by atoms with Gasteiger partial charge in [0, 0.05) is 42.4 Å². The molecule has 0 bridgehead atoms. The lowest BCUT2D eigenvalue weighted by atomic mass is 9.74. The molecule has 24 heteroatoms. The van der Waals surface area contributed by atoms with Gasteiger partial charge in [-0.15, -0.1) is 10.2 Å². The van der Waals surface area contributed by atoms with Crippen LogP contribution in [0.25, 0.3) is 16.8 Å². The number of halogens is 3. The van der Waals surface area contributed by atoms with Gasteiger partial charge in [-0.2, -0.15) is 15.2 Å². The molecule has 2 aliphatic heterocycles. The van der Waals surface area contributed by atoms with Crippen molar-refractivity contribution in [3.63, 3.8) is 0 Å². The predicted octanol–water partition coefficient (Wildman–Crippen LogP) is 31.8. The number of aromatic hydroxyl groups is 1. The second-order valence-corrected chi connectivity index (χ2v) is 54.3. The molecule has 1 aromatic heterocycles. The van der Waals surface area contributed by atoms with Crippen molar-refractivity contribution in [2.24, 2.45) is 43.1 Å². The Bertz CT molecular complexity index is 6770. The zero-order chi connectivity index (χ0) is 108. The number of amides is 4. The minimum atomic E-state index is -1.06. The van der Waals surface area contributed by atoms with Crippen LogP contribution in [0.2, 0.25) is 0 Å². The fourth-order valence-corrected chi connectivity index (χ4v) is 26.0. The average Bonchev–Trinajstić information content (AvgIpc) is 1.60. The number of aromatic amines is 1. The number of azo groups is 1. The average molecular weight is 2180 g/mol. The van der Waals surface area contributed by atoms with E-state index in [1.54, 1.807) is 88.8 Å². The number of para-hydroxylation sites is 1. The van der Waals surface area contributed by atoms with Crippen molar-refractivity contribution in [2.45, 2.75) is 358 Å². The first-order valence-electron chi connectivity index (χ1n) is 51.1. The van der Waals surface area contributed by atoms with Gasteiger partial charge in [0.05, 0.1) is 46.9 Å². The number of hydrogen-bond donors (Lipinski definition) is 4. The molecule has 21 nitrogen and oxygen atoms in total. The Morgan fingerprint density at radius 3 is 1.41 bits per heavy atom. The van der Waals surface area contributed by atoms with Crippen LogP contribution in [0.4, 0.5) is 38.0 Å². The van der Waals surface area contributed by atoms with Crippen molar-refractivity contribution in [1.82, 2.24) is 15.2 Å². The maximum Gasteiger partial charge on any atom is 0.434 e. The van der Waals surface area contributed by atoms with Crippen LogP contribution in [0.15, 0.2) is 209 Å². The summed E-state index contributed by atoms with van der Waals surface area (Å²) < 4.78 is 15.8. The number of aromatic carboxylic acids is 1. The molecule has 1 saturated carbocycles. The van der Waals surface area contributed by atoms with Crippen molar-refractivity contribution in [1.29, 1.82) is 0 Å². The van der Waals surface area contributed by atoms with E-state index >= 15 is 0 Å². The maximum absolute atomic E-state index is 13.4. The van der Waals surface area contributed by atoms with Crippen LogP contribution in [-0.4, -0.2) is 78.4 Å². The number of phenols is 1. The van der Waals surface area contributed by atoms with Crippen LogP contribution in [0.1, 0.15) is 367 Å². The number of carbonyl (C=O) groups is 6. The third-order valence-electron chi connectivity index (χ3n) is 30.5. The number of hydrogen-bond acceptors (Lipinski definition) is 14. The number of carboxylic acid groups (broad SMARTS) is 1. The number of ketones is 1. The molecule has 4 amide bonds. The van der Waals surface area contributed by atoms with Gasteiger partial charge < -0.3 is 19.7 Å². The fourth-order valence-electron chi connectivity index (χ4n) is 24.9. The first-order chi connectivity index (χ1) is 67.1. The lowest BCUT2D eigenvalue weighted by molar-refractivity contribution is -0.117. The number of Topliss-reactive ketones (excluding diaryl/α,β-unsaturated/α-hetero) is 1. The quantitative estimate of drug-likeness (QED) is 0.0820. The van der Waals surface area contributed by atoms with E-state index in [0.717, 1.165) is 69.2 Å². The van der Waals surface area contributed by atoms with Crippen molar-refractivity contribution in [3.05, 3.63) is 272 Å². The molecule has 0 saturated heterocycles. The number of nitrogens with zero attached hydrogens (tertiary/aromatic N) is 8. The Hall–Kier alpha value is -11.0. The second-order valence-electron chi connectivity index (χ2n) is 51.5. The number of fused-ring (bicyclic) bond motifs is 7. The van der Waals surface area contributed by atoms with Gasteiger partial charge in [-0.05, 0) is 354 Å². The van der Waals surface area contributed by atoms with Gasteiger partial charge in [0.25, 0.3) is 17.4 Å². The largest absolute Gasteiger partial charge is 0.505 e. The van der Waals surface area contributed by atoms with E-state index in [9.17, 15) is 43.8 Å². The van der Waals surface area contributed by atoms with E-state index < -0.39 is 29.4 Å². The van der Waals surface area contributed by atoms with Crippen molar-refractivity contribution >= 4 is 129 Å². The topological polar surface area (TPSA) is 270 Å². The highest BCUT2D eigenvalue weighted by Crippen LogP contribution is 2.61. The minimum absolute atomic E-state index is 0.0101. The molecule has 3 heterocycles. The SMILES string of the molecule is CC(C)(C)OC(=O)NN(C(=O)OC(C)(C)C)c1ccc2c(c1)C(C)(C)CC2(C)C.CC1(C)CC(=O)c2ccc(Br)cc21.CC1(C)CC(C)(C)c2cc(Br)ccc21.CC1(C)CCc2ccc(Br)cc21.CC1=NN(c2ccc3c(c2)C(C)(C)CC3(C)C)C(=O)C1.CC1=NN(c2ccc3c(c2)C(C)(C)CC3(C)C)C(=O)C1.Cc1[nH]n(C2=CC3C(C=C2)C(C)(C)CC3(C)C)c(=O)c1N=Nc1cccc(-c2cccc(C(=O)O)c2)c1O. The number of aromatic nitrogens is 2. The monoisotopic (exact) mass is 2170 g/mol. The van der Waals surface area contributed by atoms with E-state index in [1.165, 1.54) is 106 Å². The number of hydrazone groups is 2. The number of ether oxygens (including phenoxy) is 2. The van der Waals surface area contributed by atoms with E-state index in [2.05, 4.69) is 324 Å². The Morgan fingerprint density at radius 2 is 0.918 bits per heavy atom. The summed E-state index contributed by atoms with van der Waals surface area (Å²) in [5, 5.41) is 44.6. The molecule has 2 atom stereocenters. The molecule has 2 unspecified atom stereocenters. The van der Waals surface area contributed by atoms with E-state index in [-0.39, 0.29) is 94.6 Å². The highest BCUT2D eigenvalue weighted by atomic mass is 79.9. The number of anilines is 3. The van der Waals surface area contributed by atoms with Crippen molar-refractivity contribution in [2.75, 3.05) is 15.0 Å². The molecule has 10 aliphatic rings. The summed E-state index contributed by atoms with van der Waals surface area (Å²) in [6.45, 7) is 70.8. The number of nitrogens with one attached hydrogen (secondary N) is 2. The molecule has 0 spiro atoms. The number of aryl methyl sites for hydroxylation is 2. The first kappa shape index (κ1) is 112. The zero-order valence-corrected chi connectivity index (χ0v) is 96.9. The van der Waals surface area contributed by atoms with Gasteiger partial charge in [0.15, 0.2) is 17.2 Å². The molecule has 146 heavy (non-hydrogen) atoms. The summed E-state index contributed by atoms with van der Waals surface area (Å²) in [5.74, 6) is -0.0686. The van der Waals surface area contributed by atoms with Gasteiger partial charge >= 0.3 is 18.2 Å². The summed E-state index contributed by atoms with van der Waals surface area (Å²) in [4.78, 5) is 85.5. The van der Waals surface area contributed by atoms with Crippen LogP contribution in [-0.2, 0) is 79.6 Å². The van der Waals surface area contributed by atoms with Crippen molar-refractivity contribution < 1.29 is 48.5 Å². The maximum atomic E-state index is 13.4. The Kier molecular flexibility index (Phi) is 31.1. The van der Waals surface area contributed by atoms with Gasteiger partial charge in [-0.3, -0.25) is 24.3 Å². The van der Waals surface area contributed by atoms with E-state index in [0.29, 0.717) is 69.9 Å². The Morgan fingerprint density at radius 1 is 0.473 bits per heavy atom. The van der Waals surface area contributed by atoms with Crippen LogP contribution >= 0.6 is 47.8 Å². The van der Waals surface area contributed by atoms with Crippen molar-refractivity contribution in [3.8, 4) is 16.9 Å². The fraction of sp³-hybridized carbons (Fsp3) is 0.484. The lowest BCUT2D eigenvalue weighted by Gasteiger charge is -2.31. The van der Waals surface area contributed by atoms with Crippen LogP contribution in [0.3, 0.4) is 0 Å². The lowest BCUT2D eigenvalue weighted by Crippen LogP contribution is -2.50. The zero-order valence-electron chi connectivity index (χ0n) is 92.2. The molecule has 8 aromatic carbocycles. The molecule has 4 N–H and O–H groups in total. The van der Waals surface area contributed by atoms with E-state index in [1.807, 2.05) is 62.4 Å². The molecular weight excluding hydrogens is 2020 g/mol. The summed E-state index contributed by atoms with van der Waals surface area (Å²) in [7, 11) is 0. The van der Waals surface area contributed by atoms with Crippen LogP contribution in [0, 0.1) is 29.6 Å². The van der Waals surface area contributed by atoms with Gasteiger partial charge in [-0.1, -0.05) is 281 Å². The van der Waals surface area contributed by atoms with Gasteiger partial charge in [0.2, 0.25) is 0 Å². The summed E-state index contributed by atoms with van der Waals surface area (Å²) in [6, 6.07) is 49.1. The molecule has 9 aromatic rings. The number of carbonyl (C=O) groups excluding carboxylic acids is 5. The number of carboxylic acids is 1. The number of H-pyrrole nitrogens is 1. The summed E-state index contributed by atoms with van der Waals surface area (Å²) in [5.41, 5.74) is 25.8. The Labute approximate surface area is 891 Å². The standard InChI is InChI=1S/C30H32N4O4.C23H36N2O4.2C17H22N2O.C13H17Br.C11H11BrO.C11H13Br/c1-17-25(27(36)34(33-17)20-12-13-22-23(15-20)30(4,5)16-29(22,2)3)32-31-24-11-7-10-21(26(24)35)18-8-6-9-19(14-18)28(37)38;1-20(2,3)28-18(26)24-25(19(27)29-21(4,5)6)15-11-12-16-17(13-15)23(9,10)14-22(16,7)8;2*1-11-8-15(20)19(18-11)12-6-7-13-14(9-12)17(4,5)10-16(13,2)3;1-12(2)8-13(3,4)11-7-9(14)5-6-10(11)12;1-11(2)6-10(13)8-4-3-7(12)5-9(8)11;1-11(2)6-5-8-3-4-9(12)7-10(8)11/h6-15,22-23,33,35H,16H2,1-5H3,(H,37,38);11-13H,14H2,1-10H3,(H,24,26);2*6-7,9H,8,10H2,1-5H3;5-7H,8H2,1-4H3;3-5H,6H2,1-2H3;3-4,7H,5-6H2,1-2H3. The summed E-state index contributed by atoms with van der Waals surface area (Å²) in [6.07, 6.45) is 14.7. The predicted molar refractivity (Wildman–Crippen MR) is 603 cm³/mol. The molecular formula is C122H153Br3N10O11. The summed E-state index contributed by atoms with van der Waals surface area (Å²) >= 11 is 10.5. The first-order valence-corrected chi connectivity index (χ1v) is 53.5. The molecule has 8 aliphatic carbocycles. The highest BCUT2D eigenvalue weighted by Gasteiger charge is 2.53. The molecule has 1 fully saturated rings. The van der Waals surface area contributed by atoms with Crippen LogP contribution < -0.4 is 26.0 Å². The van der Waals surface area contributed by atoms with Gasteiger partial charge in [0.1, 0.15) is 16.9 Å². The molecule has 778 valence electrons. The number of benzene rings is 8. The Balaban J connectivity index is 0.000000148. The minimum Gasteiger partial charge on any atom is -0.505 e. The molecule has 0 radical (unpaired) electrons. The normalized spacial score (nSPS) is 20.7. The van der Waals surface area contributed by atoms with Gasteiger partial charge in [-0.25, -0.2) is 34.5 Å². The number of phenolic OH excluding ortho intramolecular Hbond substituents is 1. The number of hydrazine groups is 1. The van der Waals surface area contributed by atoms with Crippen LogP contribution in [0.5, 0.6) is 5.75 Å². The third-order valence-corrected chi connectivity index (χ3v) is 31.9. The second kappa shape index (κ2) is 40.5. The van der Waals surface area contributed by atoms with E-state index in [4.69, 9.17) is 9.47 Å². The smallest absolute Gasteiger partial charge is 0.434 e. The number of rotatable bonds is 8.